The molecule has 1 fully saturated rings. The number of esters is 1. The molecular formula is C43H67NO6. The molecule has 2 aromatic rings. The molecule has 0 amide bonds. The van der Waals surface area contributed by atoms with E-state index in [1.807, 2.05) is 52.0 Å². The van der Waals surface area contributed by atoms with Gasteiger partial charge in [-0.1, -0.05) is 107 Å². The van der Waals surface area contributed by atoms with Crippen molar-refractivity contribution in [1.82, 2.24) is 5.06 Å². The Morgan fingerprint density at radius 3 is 1.22 bits per heavy atom. The summed E-state index contributed by atoms with van der Waals surface area (Å²) in [6.07, 6.45) is 2.18. The molecule has 7 heteroatoms. The number of hydrogen-bond acceptors (Lipinski definition) is 7. The summed E-state index contributed by atoms with van der Waals surface area (Å²) in [5.74, 6) is 0.0846. The standard InChI is InChI=1S/C43H67NO6/c1-38(2,3)30-21-27(22-31(36(30)47)39(4,5)6)17-19-34(45)49-29-25-42(13,14)44(43(15,16)26-29)50-35(46)20-18-28-23-32(40(7,8)9)37(48)33(24-28)41(10,11)12/h21-24,29,47-48H,17-20,25-26H2,1-16H3. The molecule has 280 valence electrons. The minimum atomic E-state index is -0.570. The summed E-state index contributed by atoms with van der Waals surface area (Å²) in [4.78, 5) is 32.7. The smallest absolute Gasteiger partial charge is 0.325 e. The number of benzene rings is 2. The van der Waals surface area contributed by atoms with E-state index in [1.165, 1.54) is 0 Å². The van der Waals surface area contributed by atoms with Crippen LogP contribution >= 0.6 is 0 Å². The number of hydrogen-bond donors (Lipinski definition) is 2. The maximum Gasteiger partial charge on any atom is 0.325 e. The lowest BCUT2D eigenvalue weighted by molar-refractivity contribution is -0.277. The molecule has 2 aromatic carbocycles. The molecule has 7 nitrogen and oxygen atoms in total. The third kappa shape index (κ3) is 10.0. The highest BCUT2D eigenvalue weighted by molar-refractivity contribution is 5.70. The van der Waals surface area contributed by atoms with E-state index in [-0.39, 0.29) is 52.5 Å². The molecule has 2 N–H and O–H groups in total. The number of hydroxylamine groups is 2. The van der Waals surface area contributed by atoms with Gasteiger partial charge in [-0.25, -0.2) is 0 Å². The van der Waals surface area contributed by atoms with Gasteiger partial charge in [0, 0.05) is 19.3 Å². The fraction of sp³-hybridized carbons (Fsp3) is 0.674. The average molecular weight is 694 g/mol. The van der Waals surface area contributed by atoms with Crippen molar-refractivity contribution in [2.24, 2.45) is 0 Å². The normalized spacial score (nSPS) is 17.4. The number of phenols is 2. The molecule has 1 aliphatic rings. The highest BCUT2D eigenvalue weighted by Gasteiger charge is 2.49. The van der Waals surface area contributed by atoms with Gasteiger partial charge in [-0.2, -0.15) is 0 Å². The molecule has 1 heterocycles. The number of aryl methyl sites for hydroxylation is 2. The van der Waals surface area contributed by atoms with Gasteiger partial charge in [-0.3, -0.25) is 9.59 Å². The van der Waals surface area contributed by atoms with E-state index in [9.17, 15) is 19.8 Å². The Morgan fingerprint density at radius 2 is 0.920 bits per heavy atom. The van der Waals surface area contributed by atoms with Crippen LogP contribution in [0.3, 0.4) is 0 Å². The molecule has 0 unspecified atom stereocenters. The molecule has 3 rings (SSSR count). The number of piperidine rings is 1. The maximum atomic E-state index is 13.3. The zero-order valence-electron chi connectivity index (χ0n) is 34.1. The highest BCUT2D eigenvalue weighted by atomic mass is 16.7. The second kappa shape index (κ2) is 14.2. The van der Waals surface area contributed by atoms with Crippen LogP contribution in [0.25, 0.3) is 0 Å². The predicted molar refractivity (Wildman–Crippen MR) is 203 cm³/mol. The largest absolute Gasteiger partial charge is 0.507 e. The summed E-state index contributed by atoms with van der Waals surface area (Å²) in [5, 5.41) is 24.0. The fourth-order valence-corrected chi connectivity index (χ4v) is 7.35. The lowest BCUT2D eigenvalue weighted by atomic mass is 9.78. The van der Waals surface area contributed by atoms with Crippen LogP contribution in [-0.2, 0) is 53.7 Å². The third-order valence-corrected chi connectivity index (χ3v) is 9.85. The molecule has 50 heavy (non-hydrogen) atoms. The number of carbonyl (C=O) groups excluding carboxylic acids is 2. The van der Waals surface area contributed by atoms with E-state index in [0.29, 0.717) is 37.2 Å². The van der Waals surface area contributed by atoms with E-state index >= 15 is 0 Å². The zero-order valence-corrected chi connectivity index (χ0v) is 34.1. The summed E-state index contributed by atoms with van der Waals surface area (Å²) in [6, 6.07) is 8.07. The van der Waals surface area contributed by atoms with Crippen molar-refractivity contribution in [3.63, 3.8) is 0 Å². The Labute approximate surface area is 303 Å². The predicted octanol–water partition coefficient (Wildman–Crippen LogP) is 9.88. The first kappa shape index (κ1) is 41.4. The number of phenolic OH excluding ortho intramolecular Hbond substituents is 2. The lowest BCUT2D eigenvalue weighted by Gasteiger charge is -2.52. The van der Waals surface area contributed by atoms with Crippen LogP contribution in [0.4, 0.5) is 0 Å². The molecule has 1 aliphatic heterocycles. The first-order valence-corrected chi connectivity index (χ1v) is 18.4. The summed E-state index contributed by atoms with van der Waals surface area (Å²) < 4.78 is 6.07. The monoisotopic (exact) mass is 693 g/mol. The number of carbonyl (C=O) groups is 2. The topological polar surface area (TPSA) is 96.3 Å². The quantitative estimate of drug-likeness (QED) is 0.266. The second-order valence-corrected chi connectivity index (χ2v) is 20.0. The maximum absolute atomic E-state index is 13.3. The van der Waals surface area contributed by atoms with E-state index in [0.717, 1.165) is 33.4 Å². The van der Waals surface area contributed by atoms with Gasteiger partial charge < -0.3 is 19.8 Å². The molecular weight excluding hydrogens is 626 g/mol. The SMILES string of the molecule is CC(C)(C)c1cc(CCC(=O)OC2CC(C)(C)N(OC(=O)CCc3cc(C(C)(C)C)c(O)c(C(C)(C)C)c3)C(C)(C)C2)cc(C(C)(C)C)c1O. The fourth-order valence-electron chi connectivity index (χ4n) is 7.35. The van der Waals surface area contributed by atoms with E-state index in [1.54, 1.807) is 5.06 Å². The molecule has 0 aliphatic carbocycles. The zero-order chi connectivity index (χ0) is 38.4. The van der Waals surface area contributed by atoms with E-state index in [4.69, 9.17) is 9.57 Å². The molecule has 0 spiro atoms. The summed E-state index contributed by atoms with van der Waals surface area (Å²) in [5.41, 5.74) is 3.39. The summed E-state index contributed by atoms with van der Waals surface area (Å²) in [7, 11) is 0. The van der Waals surface area contributed by atoms with Crippen molar-refractivity contribution in [1.29, 1.82) is 0 Å². The Morgan fingerprint density at radius 1 is 0.620 bits per heavy atom. The minimum Gasteiger partial charge on any atom is -0.507 e. The first-order valence-electron chi connectivity index (χ1n) is 18.4. The van der Waals surface area contributed by atoms with Crippen molar-refractivity contribution in [2.75, 3.05) is 0 Å². The molecule has 0 aromatic heterocycles. The molecule has 1 saturated heterocycles. The summed E-state index contributed by atoms with van der Waals surface area (Å²) in [6.45, 7) is 33.1. The second-order valence-electron chi connectivity index (χ2n) is 20.0. The van der Waals surface area contributed by atoms with E-state index in [2.05, 4.69) is 83.1 Å². The molecule has 0 radical (unpaired) electrons. The van der Waals surface area contributed by atoms with Gasteiger partial charge in [-0.05, 0) is 95.6 Å². The van der Waals surface area contributed by atoms with Crippen LogP contribution in [0, 0.1) is 0 Å². The van der Waals surface area contributed by atoms with Gasteiger partial charge in [0.15, 0.2) is 0 Å². The van der Waals surface area contributed by atoms with Crippen LogP contribution in [0.2, 0.25) is 0 Å². The van der Waals surface area contributed by atoms with Crippen molar-refractivity contribution < 1.29 is 29.4 Å². The first-order chi connectivity index (χ1) is 22.4. The van der Waals surface area contributed by atoms with Gasteiger partial charge in [0.1, 0.15) is 17.6 Å². The van der Waals surface area contributed by atoms with Gasteiger partial charge in [-0.15, -0.1) is 5.06 Å². The van der Waals surface area contributed by atoms with Crippen LogP contribution in [0.15, 0.2) is 24.3 Å². The van der Waals surface area contributed by atoms with Crippen molar-refractivity contribution >= 4 is 11.9 Å². The molecule has 0 atom stereocenters. The highest BCUT2D eigenvalue weighted by Crippen LogP contribution is 2.43. The Kier molecular flexibility index (Phi) is 11.7. The Hall–Kier alpha value is -3.06. The Balaban J connectivity index is 1.68. The van der Waals surface area contributed by atoms with Crippen LogP contribution in [-0.4, -0.2) is 44.4 Å². The third-order valence-electron chi connectivity index (χ3n) is 9.85. The van der Waals surface area contributed by atoms with E-state index < -0.39 is 11.1 Å². The van der Waals surface area contributed by atoms with Gasteiger partial charge in [0.2, 0.25) is 0 Å². The van der Waals surface area contributed by atoms with Crippen LogP contribution < -0.4 is 0 Å². The summed E-state index contributed by atoms with van der Waals surface area (Å²) >= 11 is 0. The van der Waals surface area contributed by atoms with Gasteiger partial charge >= 0.3 is 11.9 Å². The molecule has 0 bridgehead atoms. The van der Waals surface area contributed by atoms with Crippen LogP contribution in [0.1, 0.15) is 170 Å². The van der Waals surface area contributed by atoms with Crippen LogP contribution in [0.5, 0.6) is 11.5 Å². The molecule has 0 saturated carbocycles. The van der Waals surface area contributed by atoms with Gasteiger partial charge in [0.05, 0.1) is 17.5 Å². The number of aromatic hydroxyl groups is 2. The number of nitrogens with zero attached hydrogens (tertiary/aromatic N) is 1. The Bertz CT molecular complexity index is 1470. The lowest BCUT2D eigenvalue weighted by Crippen LogP contribution is -2.62. The van der Waals surface area contributed by atoms with Crippen molar-refractivity contribution in [3.05, 3.63) is 57.6 Å². The minimum absolute atomic E-state index is 0.199. The van der Waals surface area contributed by atoms with Gasteiger partial charge in [0.25, 0.3) is 0 Å². The van der Waals surface area contributed by atoms with Crippen molar-refractivity contribution in [3.8, 4) is 11.5 Å². The number of rotatable bonds is 8. The average Bonchev–Trinajstić information content (AvgIpc) is 2.90. The number of ether oxygens (including phenoxy) is 1. The van der Waals surface area contributed by atoms with Crippen molar-refractivity contribution in [2.45, 2.75) is 188 Å².